The Bertz CT molecular complexity index is 824. The van der Waals surface area contributed by atoms with Crippen LogP contribution in [-0.4, -0.2) is 15.9 Å². The summed E-state index contributed by atoms with van der Waals surface area (Å²) in [5.41, 5.74) is 8.55. The number of anilines is 2. The van der Waals surface area contributed by atoms with Gasteiger partial charge in [0.25, 0.3) is 5.91 Å². The van der Waals surface area contributed by atoms with E-state index in [1.165, 1.54) is 6.20 Å². The van der Waals surface area contributed by atoms with Crippen molar-refractivity contribution in [2.45, 2.75) is 6.92 Å². The lowest BCUT2D eigenvalue weighted by molar-refractivity contribution is 0.102. The van der Waals surface area contributed by atoms with Crippen LogP contribution < -0.4 is 11.1 Å². The van der Waals surface area contributed by atoms with Gasteiger partial charge in [-0.25, -0.2) is 4.98 Å². The van der Waals surface area contributed by atoms with Crippen LogP contribution in [-0.2, 0) is 0 Å². The van der Waals surface area contributed by atoms with E-state index in [4.69, 9.17) is 5.73 Å². The van der Waals surface area contributed by atoms with Crippen molar-refractivity contribution in [3.05, 3.63) is 59.9 Å². The summed E-state index contributed by atoms with van der Waals surface area (Å²) in [4.78, 5) is 20.8. The molecule has 3 rings (SSSR count). The maximum Gasteiger partial charge on any atom is 0.257 e. The average Bonchev–Trinajstić information content (AvgIpc) is 2.50. The summed E-state index contributed by atoms with van der Waals surface area (Å²) in [5.74, 6) is 0.262. The second-order valence-electron chi connectivity index (χ2n) is 4.76. The van der Waals surface area contributed by atoms with E-state index in [2.05, 4.69) is 15.3 Å². The van der Waals surface area contributed by atoms with Crippen LogP contribution in [0, 0.1) is 6.92 Å². The molecule has 0 atom stereocenters. The summed E-state index contributed by atoms with van der Waals surface area (Å²) in [5, 5.41) is 3.59. The number of para-hydroxylation sites is 1. The molecule has 3 aromatic rings. The zero-order valence-electron chi connectivity index (χ0n) is 11.5. The van der Waals surface area contributed by atoms with E-state index < -0.39 is 0 Å². The van der Waals surface area contributed by atoms with Gasteiger partial charge in [0.05, 0.1) is 23.0 Å². The molecule has 0 saturated heterocycles. The monoisotopic (exact) mass is 278 g/mol. The van der Waals surface area contributed by atoms with Gasteiger partial charge >= 0.3 is 0 Å². The minimum absolute atomic E-state index is 0.217. The topological polar surface area (TPSA) is 80.9 Å². The third kappa shape index (κ3) is 2.53. The normalized spacial score (nSPS) is 10.5. The number of nitrogens with two attached hydrogens (primary N) is 1. The molecule has 21 heavy (non-hydrogen) atoms. The van der Waals surface area contributed by atoms with Crippen molar-refractivity contribution in [2.75, 3.05) is 11.1 Å². The molecule has 1 aromatic carbocycles. The molecule has 2 heterocycles. The van der Waals surface area contributed by atoms with Crippen LogP contribution in [0.2, 0.25) is 0 Å². The molecule has 1 amide bonds. The Kier molecular flexibility index (Phi) is 3.23. The standard InChI is InChI=1S/C16H14N4O/c1-10-8-15(19-9-13(10)17)20-16(21)12-6-7-18-14-5-3-2-4-11(12)14/h2-9H,17H2,1H3,(H,19,20,21). The lowest BCUT2D eigenvalue weighted by Crippen LogP contribution is -2.14. The van der Waals surface area contributed by atoms with E-state index >= 15 is 0 Å². The summed E-state index contributed by atoms with van der Waals surface area (Å²) in [6.45, 7) is 1.87. The van der Waals surface area contributed by atoms with Crippen LogP contribution in [0.1, 0.15) is 15.9 Å². The van der Waals surface area contributed by atoms with Gasteiger partial charge in [0, 0.05) is 11.6 Å². The minimum atomic E-state index is -0.217. The average molecular weight is 278 g/mol. The second-order valence-corrected chi connectivity index (χ2v) is 4.76. The van der Waals surface area contributed by atoms with Crippen LogP contribution >= 0.6 is 0 Å². The second kappa shape index (κ2) is 5.20. The van der Waals surface area contributed by atoms with Gasteiger partial charge < -0.3 is 11.1 Å². The molecule has 0 aliphatic heterocycles. The van der Waals surface area contributed by atoms with Crippen molar-refractivity contribution in [1.29, 1.82) is 0 Å². The molecule has 2 aromatic heterocycles. The van der Waals surface area contributed by atoms with Crippen LogP contribution in [0.3, 0.4) is 0 Å². The zero-order chi connectivity index (χ0) is 14.8. The summed E-state index contributed by atoms with van der Waals surface area (Å²) in [6, 6.07) is 11.0. The predicted octanol–water partition coefficient (Wildman–Crippen LogP) is 2.77. The maximum atomic E-state index is 12.4. The Labute approximate surface area is 121 Å². The number of hydrogen-bond donors (Lipinski definition) is 2. The van der Waals surface area contributed by atoms with E-state index in [0.717, 1.165) is 16.5 Å². The van der Waals surface area contributed by atoms with Gasteiger partial charge in [0.2, 0.25) is 0 Å². The smallest absolute Gasteiger partial charge is 0.257 e. The maximum absolute atomic E-state index is 12.4. The third-order valence-corrected chi connectivity index (χ3v) is 3.29. The third-order valence-electron chi connectivity index (χ3n) is 3.29. The first kappa shape index (κ1) is 13.1. The van der Waals surface area contributed by atoms with Crippen molar-refractivity contribution in [3.8, 4) is 0 Å². The fraction of sp³-hybridized carbons (Fsp3) is 0.0625. The molecule has 0 unspecified atom stereocenters. The highest BCUT2D eigenvalue weighted by molar-refractivity contribution is 6.11. The number of nitrogen functional groups attached to an aromatic ring is 1. The van der Waals surface area contributed by atoms with Gasteiger partial charge in [-0.2, -0.15) is 0 Å². The summed E-state index contributed by atoms with van der Waals surface area (Å²) >= 11 is 0. The molecular formula is C16H14N4O. The molecule has 0 spiro atoms. The highest BCUT2D eigenvalue weighted by Gasteiger charge is 2.11. The Morgan fingerprint density at radius 3 is 2.81 bits per heavy atom. The van der Waals surface area contributed by atoms with Gasteiger partial charge in [0.15, 0.2) is 0 Å². The van der Waals surface area contributed by atoms with Gasteiger partial charge in [-0.05, 0) is 30.7 Å². The van der Waals surface area contributed by atoms with E-state index in [-0.39, 0.29) is 5.91 Å². The number of carbonyl (C=O) groups is 1. The predicted molar refractivity (Wildman–Crippen MR) is 83.1 cm³/mol. The molecule has 0 saturated carbocycles. The number of amides is 1. The molecule has 5 heteroatoms. The van der Waals surface area contributed by atoms with Crippen LogP contribution in [0.4, 0.5) is 11.5 Å². The number of pyridine rings is 2. The first-order valence-corrected chi connectivity index (χ1v) is 6.52. The largest absolute Gasteiger partial charge is 0.397 e. The van der Waals surface area contributed by atoms with Gasteiger partial charge in [-0.3, -0.25) is 9.78 Å². The molecule has 3 N–H and O–H groups in total. The number of nitrogens with zero attached hydrogens (tertiary/aromatic N) is 2. The lowest BCUT2D eigenvalue weighted by Gasteiger charge is -2.08. The van der Waals surface area contributed by atoms with Crippen molar-refractivity contribution >= 4 is 28.3 Å². The molecule has 0 radical (unpaired) electrons. The van der Waals surface area contributed by atoms with Crippen molar-refractivity contribution < 1.29 is 4.79 Å². The number of fused-ring (bicyclic) bond motifs is 1. The summed E-state index contributed by atoms with van der Waals surface area (Å²) < 4.78 is 0. The van der Waals surface area contributed by atoms with E-state index in [0.29, 0.717) is 17.1 Å². The molecular weight excluding hydrogens is 264 g/mol. The molecule has 104 valence electrons. The number of aryl methyl sites for hydroxylation is 1. The number of hydrogen-bond acceptors (Lipinski definition) is 4. The number of carbonyl (C=O) groups excluding carboxylic acids is 1. The number of rotatable bonds is 2. The quantitative estimate of drug-likeness (QED) is 0.755. The van der Waals surface area contributed by atoms with Gasteiger partial charge in [-0.1, -0.05) is 18.2 Å². The van der Waals surface area contributed by atoms with Crippen LogP contribution in [0.15, 0.2) is 48.8 Å². The Balaban J connectivity index is 1.95. The highest BCUT2D eigenvalue weighted by Crippen LogP contribution is 2.18. The highest BCUT2D eigenvalue weighted by atomic mass is 16.1. The molecule has 5 nitrogen and oxygen atoms in total. The fourth-order valence-electron chi connectivity index (χ4n) is 2.11. The number of benzene rings is 1. The molecule has 0 aliphatic carbocycles. The van der Waals surface area contributed by atoms with Gasteiger partial charge in [-0.15, -0.1) is 0 Å². The summed E-state index contributed by atoms with van der Waals surface area (Å²) in [7, 11) is 0. The SMILES string of the molecule is Cc1cc(NC(=O)c2ccnc3ccccc23)ncc1N. The lowest BCUT2D eigenvalue weighted by atomic mass is 10.1. The first-order chi connectivity index (χ1) is 10.1. The van der Waals surface area contributed by atoms with E-state index in [1.807, 2.05) is 31.2 Å². The molecule has 0 aliphatic rings. The number of nitrogens with one attached hydrogen (secondary N) is 1. The zero-order valence-corrected chi connectivity index (χ0v) is 11.5. The van der Waals surface area contributed by atoms with Crippen molar-refractivity contribution in [2.24, 2.45) is 0 Å². The van der Waals surface area contributed by atoms with Crippen molar-refractivity contribution in [3.63, 3.8) is 0 Å². The molecule has 0 bridgehead atoms. The Morgan fingerprint density at radius 1 is 1.19 bits per heavy atom. The Hall–Kier alpha value is -2.95. The van der Waals surface area contributed by atoms with Crippen LogP contribution in [0.5, 0.6) is 0 Å². The number of aromatic nitrogens is 2. The van der Waals surface area contributed by atoms with E-state index in [1.54, 1.807) is 18.3 Å². The fourth-order valence-corrected chi connectivity index (χ4v) is 2.11. The van der Waals surface area contributed by atoms with E-state index in [9.17, 15) is 4.79 Å². The van der Waals surface area contributed by atoms with Crippen molar-refractivity contribution in [1.82, 2.24) is 9.97 Å². The Morgan fingerprint density at radius 2 is 2.00 bits per heavy atom. The van der Waals surface area contributed by atoms with Gasteiger partial charge in [0.1, 0.15) is 5.82 Å². The first-order valence-electron chi connectivity index (χ1n) is 6.52. The summed E-state index contributed by atoms with van der Waals surface area (Å²) in [6.07, 6.45) is 3.16. The minimum Gasteiger partial charge on any atom is -0.397 e. The van der Waals surface area contributed by atoms with Crippen LogP contribution in [0.25, 0.3) is 10.9 Å². The molecule has 0 fully saturated rings.